The largest absolute Gasteiger partial charge is 0.495 e. The summed E-state index contributed by atoms with van der Waals surface area (Å²) in [5.74, 6) is 0.543. The minimum absolute atomic E-state index is 0.475. The maximum absolute atomic E-state index is 11.5. The lowest BCUT2D eigenvalue weighted by Gasteiger charge is -2.14. The number of hydrogen-bond acceptors (Lipinski definition) is 2. The summed E-state index contributed by atoms with van der Waals surface area (Å²) in [7, 11) is 1.55. The van der Waals surface area contributed by atoms with Gasteiger partial charge in [0.2, 0.25) is 0 Å². The van der Waals surface area contributed by atoms with E-state index in [1.165, 1.54) is 0 Å². The monoisotopic (exact) mass is 322 g/mol. The molecule has 2 aromatic carbocycles. The van der Waals surface area contributed by atoms with Crippen molar-refractivity contribution in [3.63, 3.8) is 0 Å². The lowest BCUT2D eigenvalue weighted by molar-refractivity contribution is 0.112. The van der Waals surface area contributed by atoms with Crippen molar-refractivity contribution >= 4 is 29.5 Å². The van der Waals surface area contributed by atoms with Crippen molar-refractivity contribution < 1.29 is 9.53 Å². The fourth-order valence-electron chi connectivity index (χ4n) is 2.38. The van der Waals surface area contributed by atoms with Crippen LogP contribution in [0, 0.1) is 0 Å². The molecule has 0 aliphatic heterocycles. The smallest absolute Gasteiger partial charge is 0.152 e. The molecular weight excluding hydrogens is 307 g/mol. The first kappa shape index (κ1) is 15.9. The van der Waals surface area contributed by atoms with E-state index in [9.17, 15) is 4.79 Å². The van der Waals surface area contributed by atoms with Gasteiger partial charge in [-0.1, -0.05) is 60.8 Å². The van der Waals surface area contributed by atoms with Crippen LogP contribution in [0.3, 0.4) is 0 Å². The maximum atomic E-state index is 11.5. The van der Waals surface area contributed by atoms with Crippen LogP contribution < -0.4 is 4.74 Å². The molecule has 0 radical (unpaired) electrons. The van der Waals surface area contributed by atoms with Crippen molar-refractivity contribution in [1.82, 2.24) is 0 Å². The van der Waals surface area contributed by atoms with Crippen molar-refractivity contribution in [2.75, 3.05) is 7.11 Å². The number of aldehydes is 1. The summed E-state index contributed by atoms with van der Waals surface area (Å²) in [6.45, 7) is 2.07. The van der Waals surface area contributed by atoms with Crippen LogP contribution in [0.25, 0.3) is 11.1 Å². The Hall–Kier alpha value is -1.51. The highest BCUT2D eigenvalue weighted by atomic mass is 35.5. The van der Waals surface area contributed by atoms with Crippen LogP contribution in [0.2, 0.25) is 10.0 Å². The quantitative estimate of drug-likeness (QED) is 0.685. The molecule has 0 N–H and O–H groups in total. The highest BCUT2D eigenvalue weighted by Crippen LogP contribution is 2.39. The highest BCUT2D eigenvalue weighted by Gasteiger charge is 2.16. The minimum Gasteiger partial charge on any atom is -0.495 e. The molecule has 2 aromatic rings. The van der Waals surface area contributed by atoms with Gasteiger partial charge in [0.05, 0.1) is 17.2 Å². The first-order chi connectivity index (χ1) is 10.1. The summed E-state index contributed by atoms with van der Waals surface area (Å²) >= 11 is 12.5. The van der Waals surface area contributed by atoms with Gasteiger partial charge in [0.1, 0.15) is 5.75 Å². The van der Waals surface area contributed by atoms with Gasteiger partial charge in [-0.05, 0) is 23.6 Å². The number of benzene rings is 2. The van der Waals surface area contributed by atoms with E-state index in [2.05, 4.69) is 6.92 Å². The standard InChI is InChI=1S/C17H16Cl2O2/c1-3-5-11-8-9-12(14(10-20)16(11)19)13-6-4-7-15(18)17(13)21-2/h4,6-10H,3,5H2,1-2H3. The zero-order valence-corrected chi connectivity index (χ0v) is 13.5. The minimum atomic E-state index is 0.475. The Morgan fingerprint density at radius 1 is 1.14 bits per heavy atom. The van der Waals surface area contributed by atoms with Gasteiger partial charge >= 0.3 is 0 Å². The van der Waals surface area contributed by atoms with E-state index in [0.29, 0.717) is 21.4 Å². The second-order valence-electron chi connectivity index (χ2n) is 4.69. The predicted molar refractivity (Wildman–Crippen MR) is 87.8 cm³/mol. The first-order valence-electron chi connectivity index (χ1n) is 6.73. The Morgan fingerprint density at radius 2 is 1.90 bits per heavy atom. The Bertz CT molecular complexity index is 666. The van der Waals surface area contributed by atoms with Crippen LogP contribution in [0.1, 0.15) is 29.3 Å². The van der Waals surface area contributed by atoms with Crippen LogP contribution in [0.4, 0.5) is 0 Å². The van der Waals surface area contributed by atoms with E-state index in [-0.39, 0.29) is 0 Å². The number of carbonyl (C=O) groups is 1. The van der Waals surface area contributed by atoms with Gasteiger partial charge < -0.3 is 4.74 Å². The molecule has 0 fully saturated rings. The molecule has 0 heterocycles. The second-order valence-corrected chi connectivity index (χ2v) is 5.47. The van der Waals surface area contributed by atoms with Crippen LogP contribution in [-0.2, 0) is 6.42 Å². The summed E-state index contributed by atoms with van der Waals surface area (Å²) in [6.07, 6.45) is 2.60. The Kier molecular flexibility index (Phi) is 5.27. The third kappa shape index (κ3) is 3.07. The summed E-state index contributed by atoms with van der Waals surface area (Å²) in [6, 6.07) is 9.28. The number of carbonyl (C=O) groups excluding carboxylic acids is 1. The molecule has 2 rings (SSSR count). The van der Waals surface area contributed by atoms with Gasteiger partial charge in [-0.2, -0.15) is 0 Å². The molecule has 0 atom stereocenters. The lowest BCUT2D eigenvalue weighted by atomic mass is 9.96. The van der Waals surface area contributed by atoms with Crippen molar-refractivity contribution in [1.29, 1.82) is 0 Å². The van der Waals surface area contributed by atoms with E-state index in [1.54, 1.807) is 13.2 Å². The molecule has 0 unspecified atom stereocenters. The molecule has 0 bridgehead atoms. The van der Waals surface area contributed by atoms with Crippen molar-refractivity contribution in [2.45, 2.75) is 19.8 Å². The third-order valence-corrected chi connectivity index (χ3v) is 4.10. The van der Waals surface area contributed by atoms with Gasteiger partial charge in [-0.3, -0.25) is 4.79 Å². The molecule has 2 nitrogen and oxygen atoms in total. The Labute approximate surface area is 134 Å². The summed E-state index contributed by atoms with van der Waals surface area (Å²) in [5, 5.41) is 1.01. The van der Waals surface area contributed by atoms with Gasteiger partial charge in [-0.25, -0.2) is 0 Å². The molecule has 0 aliphatic rings. The van der Waals surface area contributed by atoms with Gasteiger partial charge in [0.25, 0.3) is 0 Å². The molecule has 0 aromatic heterocycles. The third-order valence-electron chi connectivity index (χ3n) is 3.36. The Morgan fingerprint density at radius 3 is 2.52 bits per heavy atom. The number of aryl methyl sites for hydroxylation is 1. The molecule has 4 heteroatoms. The van der Waals surface area contributed by atoms with E-state index in [1.807, 2.05) is 24.3 Å². The van der Waals surface area contributed by atoms with E-state index < -0.39 is 0 Å². The molecule has 0 aliphatic carbocycles. The van der Waals surface area contributed by atoms with Crippen LogP contribution >= 0.6 is 23.2 Å². The number of ether oxygens (including phenoxy) is 1. The highest BCUT2D eigenvalue weighted by molar-refractivity contribution is 6.35. The zero-order valence-electron chi connectivity index (χ0n) is 12.0. The fraction of sp³-hybridized carbons (Fsp3) is 0.235. The molecule has 0 saturated carbocycles. The Balaban J connectivity index is 2.68. The molecule has 0 spiro atoms. The zero-order chi connectivity index (χ0) is 15.4. The number of para-hydroxylation sites is 1. The summed E-state index contributed by atoms with van der Waals surface area (Å²) in [4.78, 5) is 11.5. The maximum Gasteiger partial charge on any atom is 0.152 e. The fourth-order valence-corrected chi connectivity index (χ4v) is 2.93. The normalized spacial score (nSPS) is 10.5. The van der Waals surface area contributed by atoms with Crippen molar-refractivity contribution in [3.8, 4) is 16.9 Å². The summed E-state index contributed by atoms with van der Waals surface area (Å²) < 4.78 is 5.36. The van der Waals surface area contributed by atoms with E-state index in [0.717, 1.165) is 35.8 Å². The molecular formula is C17H16Cl2O2. The number of methoxy groups -OCH3 is 1. The average Bonchev–Trinajstić information content (AvgIpc) is 2.49. The van der Waals surface area contributed by atoms with E-state index in [4.69, 9.17) is 27.9 Å². The number of rotatable bonds is 5. The lowest BCUT2D eigenvalue weighted by Crippen LogP contribution is -1.97. The average molecular weight is 323 g/mol. The van der Waals surface area contributed by atoms with Gasteiger partial charge in [-0.15, -0.1) is 0 Å². The van der Waals surface area contributed by atoms with Crippen molar-refractivity contribution in [3.05, 3.63) is 51.5 Å². The molecule has 0 amide bonds. The van der Waals surface area contributed by atoms with E-state index >= 15 is 0 Å². The summed E-state index contributed by atoms with van der Waals surface area (Å²) in [5.41, 5.74) is 2.94. The van der Waals surface area contributed by atoms with Crippen LogP contribution in [0.15, 0.2) is 30.3 Å². The predicted octanol–water partition coefficient (Wildman–Crippen LogP) is 5.43. The SMILES string of the molecule is CCCc1ccc(-c2cccc(Cl)c2OC)c(C=O)c1Cl. The second kappa shape index (κ2) is 6.97. The van der Waals surface area contributed by atoms with Gasteiger partial charge in [0, 0.05) is 11.1 Å². The molecule has 0 saturated heterocycles. The van der Waals surface area contributed by atoms with Crippen LogP contribution in [0.5, 0.6) is 5.75 Å². The van der Waals surface area contributed by atoms with Crippen molar-refractivity contribution in [2.24, 2.45) is 0 Å². The van der Waals surface area contributed by atoms with Gasteiger partial charge in [0.15, 0.2) is 6.29 Å². The van der Waals surface area contributed by atoms with Crippen LogP contribution in [-0.4, -0.2) is 13.4 Å². The topological polar surface area (TPSA) is 26.3 Å². The number of halogens is 2. The first-order valence-corrected chi connectivity index (χ1v) is 7.49. The molecule has 21 heavy (non-hydrogen) atoms. The molecule has 110 valence electrons. The number of hydrogen-bond donors (Lipinski definition) is 0.